The number of nitrogens with one attached hydrogen (secondary N) is 1. The van der Waals surface area contributed by atoms with Crippen molar-refractivity contribution >= 4 is 5.91 Å². The van der Waals surface area contributed by atoms with E-state index in [-0.39, 0.29) is 29.8 Å². The molecule has 0 bridgehead atoms. The third-order valence-corrected chi connectivity index (χ3v) is 3.19. The molecule has 122 valence electrons. The molecular formula is C18H13F2NO3. The number of benzene rings is 2. The van der Waals surface area contributed by atoms with Crippen LogP contribution in [-0.2, 0) is 6.54 Å². The van der Waals surface area contributed by atoms with Gasteiger partial charge in [0.05, 0.1) is 0 Å². The smallest absolute Gasteiger partial charge is 0.290 e. The van der Waals surface area contributed by atoms with Crippen LogP contribution < -0.4 is 10.1 Å². The number of hydrogen-bond acceptors (Lipinski definition) is 3. The van der Waals surface area contributed by atoms with Crippen LogP contribution in [0.5, 0.6) is 11.7 Å². The molecule has 0 aliphatic rings. The Hall–Kier alpha value is -3.15. The van der Waals surface area contributed by atoms with Gasteiger partial charge >= 0.3 is 0 Å². The van der Waals surface area contributed by atoms with Gasteiger partial charge in [-0.3, -0.25) is 4.79 Å². The predicted octanol–water partition coefficient (Wildman–Crippen LogP) is 4.28. The minimum absolute atomic E-state index is 0.0588. The molecule has 0 saturated heterocycles. The number of amides is 1. The summed E-state index contributed by atoms with van der Waals surface area (Å²) in [6, 6.07) is 14.3. The SMILES string of the molecule is O=C(NCc1ccc(F)cc1)c1ccc(Oc2cccc(F)c2)o1. The van der Waals surface area contributed by atoms with Gasteiger partial charge in [-0.25, -0.2) is 8.78 Å². The molecule has 0 spiro atoms. The largest absolute Gasteiger partial charge is 0.426 e. The second-order valence-electron chi connectivity index (χ2n) is 4.99. The summed E-state index contributed by atoms with van der Waals surface area (Å²) < 4.78 is 36.5. The van der Waals surface area contributed by atoms with Crippen molar-refractivity contribution in [3.63, 3.8) is 0 Å². The topological polar surface area (TPSA) is 51.5 Å². The van der Waals surface area contributed by atoms with Gasteiger partial charge in [0.2, 0.25) is 0 Å². The minimum atomic E-state index is -0.437. The third kappa shape index (κ3) is 3.98. The standard InChI is InChI=1S/C18H13F2NO3/c19-13-6-4-12(5-7-13)11-21-18(22)16-8-9-17(24-16)23-15-3-1-2-14(20)10-15/h1-10H,11H2,(H,21,22). The van der Waals surface area contributed by atoms with Gasteiger partial charge in [-0.1, -0.05) is 18.2 Å². The van der Waals surface area contributed by atoms with Gasteiger partial charge in [-0.15, -0.1) is 0 Å². The van der Waals surface area contributed by atoms with E-state index in [1.165, 1.54) is 42.5 Å². The molecule has 3 rings (SSSR count). The highest BCUT2D eigenvalue weighted by Gasteiger charge is 2.12. The van der Waals surface area contributed by atoms with Crippen LogP contribution in [0.3, 0.4) is 0 Å². The van der Waals surface area contributed by atoms with Gasteiger partial charge in [0.25, 0.3) is 11.9 Å². The Balaban J connectivity index is 1.60. The number of halogens is 2. The molecule has 6 heteroatoms. The molecule has 0 saturated carbocycles. The maximum Gasteiger partial charge on any atom is 0.290 e. The molecule has 1 amide bonds. The lowest BCUT2D eigenvalue weighted by molar-refractivity contribution is 0.0918. The Labute approximate surface area is 136 Å². The van der Waals surface area contributed by atoms with Crippen molar-refractivity contribution in [3.05, 3.63) is 83.6 Å². The summed E-state index contributed by atoms with van der Waals surface area (Å²) in [6.07, 6.45) is 0. The molecule has 4 nitrogen and oxygen atoms in total. The normalized spacial score (nSPS) is 10.4. The summed E-state index contributed by atoms with van der Waals surface area (Å²) in [5, 5.41) is 2.65. The number of carbonyl (C=O) groups excluding carboxylic acids is 1. The maximum absolute atomic E-state index is 13.1. The molecular weight excluding hydrogens is 316 g/mol. The summed E-state index contributed by atoms with van der Waals surface area (Å²) in [6.45, 7) is 0.236. The van der Waals surface area contributed by atoms with E-state index in [1.54, 1.807) is 18.2 Å². The molecule has 1 N–H and O–H groups in total. The number of hydrogen-bond donors (Lipinski definition) is 1. The molecule has 1 aromatic heterocycles. The summed E-state index contributed by atoms with van der Waals surface area (Å²) >= 11 is 0. The van der Waals surface area contributed by atoms with E-state index in [0.717, 1.165) is 5.56 Å². The quantitative estimate of drug-likeness (QED) is 0.760. The molecule has 0 atom stereocenters. The Morgan fingerprint density at radius 3 is 2.54 bits per heavy atom. The zero-order valence-corrected chi connectivity index (χ0v) is 12.5. The fourth-order valence-electron chi connectivity index (χ4n) is 2.02. The summed E-state index contributed by atoms with van der Waals surface area (Å²) in [7, 11) is 0. The highest BCUT2D eigenvalue weighted by molar-refractivity contribution is 5.91. The fourth-order valence-corrected chi connectivity index (χ4v) is 2.02. The minimum Gasteiger partial charge on any atom is -0.426 e. The van der Waals surface area contributed by atoms with Crippen molar-refractivity contribution in [3.8, 4) is 11.7 Å². The average Bonchev–Trinajstić information content (AvgIpc) is 3.03. The third-order valence-electron chi connectivity index (χ3n) is 3.19. The molecule has 0 radical (unpaired) electrons. The predicted molar refractivity (Wildman–Crippen MR) is 82.8 cm³/mol. The second-order valence-corrected chi connectivity index (χ2v) is 4.99. The Bertz CT molecular complexity index is 843. The molecule has 24 heavy (non-hydrogen) atoms. The van der Waals surface area contributed by atoms with E-state index in [0.29, 0.717) is 0 Å². The molecule has 2 aromatic carbocycles. The van der Waals surface area contributed by atoms with Crippen LogP contribution in [0.15, 0.2) is 65.1 Å². The van der Waals surface area contributed by atoms with Gasteiger partial charge < -0.3 is 14.5 Å². The summed E-state index contributed by atoms with van der Waals surface area (Å²) in [4.78, 5) is 12.0. The Morgan fingerprint density at radius 2 is 1.79 bits per heavy atom. The van der Waals surface area contributed by atoms with E-state index in [4.69, 9.17) is 9.15 Å². The first kappa shape index (κ1) is 15.7. The van der Waals surface area contributed by atoms with Crippen molar-refractivity contribution in [1.82, 2.24) is 5.32 Å². The van der Waals surface area contributed by atoms with E-state index >= 15 is 0 Å². The second kappa shape index (κ2) is 6.95. The van der Waals surface area contributed by atoms with Gasteiger partial charge in [-0.05, 0) is 35.9 Å². The molecule has 0 fully saturated rings. The van der Waals surface area contributed by atoms with Crippen molar-refractivity contribution in [2.75, 3.05) is 0 Å². The highest BCUT2D eigenvalue weighted by Crippen LogP contribution is 2.24. The van der Waals surface area contributed by atoms with Crippen LogP contribution in [0.2, 0.25) is 0 Å². The van der Waals surface area contributed by atoms with Crippen molar-refractivity contribution in [2.45, 2.75) is 6.54 Å². The van der Waals surface area contributed by atoms with Crippen LogP contribution in [0.1, 0.15) is 16.1 Å². The van der Waals surface area contributed by atoms with Crippen LogP contribution in [0.4, 0.5) is 8.78 Å². The lowest BCUT2D eigenvalue weighted by atomic mass is 10.2. The van der Waals surface area contributed by atoms with Crippen molar-refractivity contribution in [1.29, 1.82) is 0 Å². The molecule has 3 aromatic rings. The molecule has 1 heterocycles. The van der Waals surface area contributed by atoms with E-state index < -0.39 is 11.7 Å². The zero-order chi connectivity index (χ0) is 16.9. The maximum atomic E-state index is 13.1. The first-order chi connectivity index (χ1) is 11.6. The van der Waals surface area contributed by atoms with Gasteiger partial charge in [-0.2, -0.15) is 0 Å². The van der Waals surface area contributed by atoms with Crippen molar-refractivity contribution in [2.24, 2.45) is 0 Å². The fraction of sp³-hybridized carbons (Fsp3) is 0.0556. The van der Waals surface area contributed by atoms with Crippen LogP contribution in [-0.4, -0.2) is 5.91 Å². The molecule has 0 unspecified atom stereocenters. The first-order valence-electron chi connectivity index (χ1n) is 7.16. The van der Waals surface area contributed by atoms with Gasteiger partial charge in [0.15, 0.2) is 5.76 Å². The van der Waals surface area contributed by atoms with Crippen LogP contribution >= 0.6 is 0 Å². The highest BCUT2D eigenvalue weighted by atomic mass is 19.1. The Morgan fingerprint density at radius 1 is 1.00 bits per heavy atom. The number of carbonyl (C=O) groups is 1. The van der Waals surface area contributed by atoms with E-state index in [1.807, 2.05) is 0 Å². The van der Waals surface area contributed by atoms with Crippen LogP contribution in [0, 0.1) is 11.6 Å². The zero-order valence-electron chi connectivity index (χ0n) is 12.5. The molecule has 0 aliphatic heterocycles. The lowest BCUT2D eigenvalue weighted by Gasteiger charge is -2.04. The van der Waals surface area contributed by atoms with Crippen LogP contribution in [0.25, 0.3) is 0 Å². The van der Waals surface area contributed by atoms with Gasteiger partial charge in [0, 0.05) is 18.7 Å². The van der Waals surface area contributed by atoms with Crippen molar-refractivity contribution < 1.29 is 22.7 Å². The first-order valence-corrected chi connectivity index (χ1v) is 7.16. The Kier molecular flexibility index (Phi) is 4.56. The van der Waals surface area contributed by atoms with Gasteiger partial charge in [0.1, 0.15) is 17.4 Å². The number of rotatable bonds is 5. The van der Waals surface area contributed by atoms with E-state index in [2.05, 4.69) is 5.32 Å². The summed E-state index contributed by atoms with van der Waals surface area (Å²) in [5.74, 6) is -0.807. The molecule has 0 aliphatic carbocycles. The average molecular weight is 329 g/mol. The summed E-state index contributed by atoms with van der Waals surface area (Å²) in [5.41, 5.74) is 0.757. The number of ether oxygens (including phenoxy) is 1. The number of furan rings is 1. The monoisotopic (exact) mass is 329 g/mol. The lowest BCUT2D eigenvalue weighted by Crippen LogP contribution is -2.22. The van der Waals surface area contributed by atoms with E-state index in [9.17, 15) is 13.6 Å².